The normalized spacial score (nSPS) is 24.8. The van der Waals surface area contributed by atoms with E-state index in [2.05, 4.69) is 19.2 Å². The second-order valence-electron chi connectivity index (χ2n) is 4.59. The molecule has 2 atom stereocenters. The molecule has 0 unspecified atom stereocenters. The summed E-state index contributed by atoms with van der Waals surface area (Å²) >= 11 is 1.96. The molecule has 1 fully saturated rings. The standard InChI is InChI=1S/C12H24N2O2S/c1-10-8-14(9-11(2)17-10)12(15)13-6-4-5-7-16-3/h10-11H,4-9H2,1-3H3,(H,13,15)/t10-,11-/m1/s1. The van der Waals surface area contributed by atoms with E-state index in [9.17, 15) is 4.79 Å². The molecule has 0 aromatic heterocycles. The molecule has 1 N–H and O–H groups in total. The number of methoxy groups -OCH3 is 1. The van der Waals surface area contributed by atoms with E-state index in [0.717, 1.165) is 39.1 Å². The number of carbonyl (C=O) groups is 1. The van der Waals surface area contributed by atoms with Gasteiger partial charge in [0.05, 0.1) is 0 Å². The summed E-state index contributed by atoms with van der Waals surface area (Å²) < 4.78 is 4.97. The van der Waals surface area contributed by atoms with Crippen LogP contribution in [-0.4, -0.2) is 54.8 Å². The Morgan fingerprint density at radius 1 is 1.35 bits per heavy atom. The molecule has 1 rings (SSSR count). The van der Waals surface area contributed by atoms with Crippen molar-refractivity contribution in [1.82, 2.24) is 10.2 Å². The van der Waals surface area contributed by atoms with Gasteiger partial charge >= 0.3 is 6.03 Å². The van der Waals surface area contributed by atoms with E-state index < -0.39 is 0 Å². The summed E-state index contributed by atoms with van der Waals surface area (Å²) in [5.74, 6) is 0. The third-order valence-electron chi connectivity index (χ3n) is 2.76. The smallest absolute Gasteiger partial charge is 0.317 e. The van der Waals surface area contributed by atoms with Crippen molar-refractivity contribution in [2.45, 2.75) is 37.2 Å². The van der Waals surface area contributed by atoms with Gasteiger partial charge in [-0.2, -0.15) is 11.8 Å². The number of hydrogen-bond acceptors (Lipinski definition) is 3. The van der Waals surface area contributed by atoms with Crippen LogP contribution in [0.3, 0.4) is 0 Å². The summed E-state index contributed by atoms with van der Waals surface area (Å²) in [6, 6.07) is 0.0846. The van der Waals surface area contributed by atoms with Crippen LogP contribution in [0.4, 0.5) is 4.79 Å². The zero-order valence-electron chi connectivity index (χ0n) is 11.1. The van der Waals surface area contributed by atoms with E-state index in [4.69, 9.17) is 4.74 Å². The molecule has 0 spiro atoms. The van der Waals surface area contributed by atoms with E-state index in [0.29, 0.717) is 10.5 Å². The van der Waals surface area contributed by atoms with Gasteiger partial charge in [-0.05, 0) is 12.8 Å². The molecule has 1 saturated heterocycles. The first kappa shape index (κ1) is 14.6. The van der Waals surface area contributed by atoms with E-state index in [1.54, 1.807) is 7.11 Å². The van der Waals surface area contributed by atoms with Crippen molar-refractivity contribution in [2.24, 2.45) is 0 Å². The molecule has 0 aromatic carbocycles. The molecule has 2 amide bonds. The number of amides is 2. The minimum atomic E-state index is 0.0846. The number of nitrogens with one attached hydrogen (secondary N) is 1. The molecule has 0 aromatic rings. The number of urea groups is 1. The van der Waals surface area contributed by atoms with Crippen LogP contribution in [0, 0.1) is 0 Å². The number of carbonyl (C=O) groups excluding carboxylic acids is 1. The van der Waals surface area contributed by atoms with Crippen LogP contribution < -0.4 is 5.32 Å². The Kier molecular flexibility index (Phi) is 6.73. The monoisotopic (exact) mass is 260 g/mol. The molecule has 1 aliphatic rings. The molecule has 1 aliphatic heterocycles. The molecule has 100 valence electrons. The Labute approximate surface area is 108 Å². The maximum Gasteiger partial charge on any atom is 0.317 e. The maximum absolute atomic E-state index is 11.9. The summed E-state index contributed by atoms with van der Waals surface area (Å²) in [5.41, 5.74) is 0. The molecular weight excluding hydrogens is 236 g/mol. The van der Waals surface area contributed by atoms with Crippen LogP contribution in [0.25, 0.3) is 0 Å². The lowest BCUT2D eigenvalue weighted by Crippen LogP contribution is -2.48. The highest BCUT2D eigenvalue weighted by Gasteiger charge is 2.25. The fraction of sp³-hybridized carbons (Fsp3) is 0.917. The van der Waals surface area contributed by atoms with Crippen molar-refractivity contribution >= 4 is 17.8 Å². The van der Waals surface area contributed by atoms with Gasteiger partial charge in [0.25, 0.3) is 0 Å². The number of rotatable bonds is 5. The van der Waals surface area contributed by atoms with Gasteiger partial charge in [0, 0.05) is 43.9 Å². The molecular formula is C12H24N2O2S. The summed E-state index contributed by atoms with van der Waals surface area (Å²) in [4.78, 5) is 13.8. The van der Waals surface area contributed by atoms with E-state index in [1.165, 1.54) is 0 Å². The first-order chi connectivity index (χ1) is 8.13. The first-order valence-corrected chi connectivity index (χ1v) is 7.25. The molecule has 0 radical (unpaired) electrons. The lowest BCUT2D eigenvalue weighted by atomic mass is 10.3. The van der Waals surface area contributed by atoms with Gasteiger partial charge in [-0.3, -0.25) is 0 Å². The maximum atomic E-state index is 11.9. The zero-order chi connectivity index (χ0) is 12.7. The third kappa shape index (κ3) is 5.64. The van der Waals surface area contributed by atoms with E-state index in [1.807, 2.05) is 16.7 Å². The highest BCUT2D eigenvalue weighted by molar-refractivity contribution is 8.00. The number of hydrogen-bond donors (Lipinski definition) is 1. The van der Waals surface area contributed by atoms with Gasteiger partial charge in [-0.1, -0.05) is 13.8 Å². The predicted molar refractivity (Wildman–Crippen MR) is 72.6 cm³/mol. The zero-order valence-corrected chi connectivity index (χ0v) is 11.9. The second-order valence-corrected chi connectivity index (χ2v) is 6.48. The molecule has 5 heteroatoms. The molecule has 0 saturated carbocycles. The minimum absolute atomic E-state index is 0.0846. The van der Waals surface area contributed by atoms with E-state index >= 15 is 0 Å². The Morgan fingerprint density at radius 2 is 2.00 bits per heavy atom. The van der Waals surface area contributed by atoms with Crippen molar-refractivity contribution in [3.63, 3.8) is 0 Å². The van der Waals surface area contributed by atoms with Crippen LogP contribution >= 0.6 is 11.8 Å². The summed E-state index contributed by atoms with van der Waals surface area (Å²) in [7, 11) is 1.70. The molecule has 1 heterocycles. The summed E-state index contributed by atoms with van der Waals surface area (Å²) in [6.07, 6.45) is 1.98. The van der Waals surface area contributed by atoms with Crippen LogP contribution in [0.15, 0.2) is 0 Å². The largest absolute Gasteiger partial charge is 0.385 e. The SMILES string of the molecule is COCCCCNC(=O)N1C[C@@H](C)S[C@H](C)C1. The number of nitrogens with zero attached hydrogens (tertiary/aromatic N) is 1. The molecule has 17 heavy (non-hydrogen) atoms. The van der Waals surface area contributed by atoms with Crippen molar-refractivity contribution in [3.8, 4) is 0 Å². The van der Waals surface area contributed by atoms with Crippen molar-refractivity contribution in [2.75, 3.05) is 33.4 Å². The predicted octanol–water partition coefficient (Wildman–Crippen LogP) is 1.95. The summed E-state index contributed by atoms with van der Waals surface area (Å²) in [6.45, 7) is 7.59. The number of thioether (sulfide) groups is 1. The van der Waals surface area contributed by atoms with Gasteiger partial charge in [0.2, 0.25) is 0 Å². The average Bonchev–Trinajstić information content (AvgIpc) is 2.27. The number of ether oxygens (including phenoxy) is 1. The van der Waals surface area contributed by atoms with Crippen LogP contribution in [0.1, 0.15) is 26.7 Å². The number of unbranched alkanes of at least 4 members (excludes halogenated alkanes) is 1. The Bertz CT molecular complexity index is 229. The van der Waals surface area contributed by atoms with Crippen molar-refractivity contribution < 1.29 is 9.53 Å². The fourth-order valence-corrected chi connectivity index (χ4v) is 3.35. The van der Waals surface area contributed by atoms with Crippen molar-refractivity contribution in [3.05, 3.63) is 0 Å². The topological polar surface area (TPSA) is 41.6 Å². The summed E-state index contributed by atoms with van der Waals surface area (Å²) in [5, 5.41) is 4.05. The van der Waals surface area contributed by atoms with E-state index in [-0.39, 0.29) is 6.03 Å². The van der Waals surface area contributed by atoms with Gasteiger partial charge in [0.15, 0.2) is 0 Å². The average molecular weight is 260 g/mol. The van der Waals surface area contributed by atoms with Gasteiger partial charge in [0.1, 0.15) is 0 Å². The Morgan fingerprint density at radius 3 is 2.59 bits per heavy atom. The third-order valence-corrected chi connectivity index (χ3v) is 3.99. The van der Waals surface area contributed by atoms with Crippen molar-refractivity contribution in [1.29, 1.82) is 0 Å². The molecule has 0 aliphatic carbocycles. The molecule has 4 nitrogen and oxygen atoms in total. The van der Waals surface area contributed by atoms with Crippen LogP contribution in [0.5, 0.6) is 0 Å². The molecule has 0 bridgehead atoms. The fourth-order valence-electron chi connectivity index (χ4n) is 2.02. The Hall–Kier alpha value is -0.420. The van der Waals surface area contributed by atoms with Crippen LogP contribution in [-0.2, 0) is 4.74 Å². The lowest BCUT2D eigenvalue weighted by Gasteiger charge is -2.34. The van der Waals surface area contributed by atoms with Crippen LogP contribution in [0.2, 0.25) is 0 Å². The second kappa shape index (κ2) is 7.82. The highest BCUT2D eigenvalue weighted by atomic mass is 32.2. The Balaban J connectivity index is 2.18. The van der Waals surface area contributed by atoms with Gasteiger partial charge < -0.3 is 15.0 Å². The quantitative estimate of drug-likeness (QED) is 0.768. The highest BCUT2D eigenvalue weighted by Crippen LogP contribution is 2.24. The van der Waals surface area contributed by atoms with Gasteiger partial charge in [-0.25, -0.2) is 4.79 Å². The van der Waals surface area contributed by atoms with Gasteiger partial charge in [-0.15, -0.1) is 0 Å². The lowest BCUT2D eigenvalue weighted by molar-refractivity contribution is 0.187. The first-order valence-electron chi connectivity index (χ1n) is 6.30. The minimum Gasteiger partial charge on any atom is -0.385 e.